The van der Waals surface area contributed by atoms with E-state index in [1.165, 1.54) is 0 Å². The van der Waals surface area contributed by atoms with Crippen molar-refractivity contribution in [2.24, 2.45) is 5.73 Å². The fraction of sp³-hybridized carbons (Fsp3) is 0.455. The van der Waals surface area contributed by atoms with E-state index in [1.807, 2.05) is 12.1 Å². The van der Waals surface area contributed by atoms with Gasteiger partial charge in [0.2, 0.25) is 0 Å². The van der Waals surface area contributed by atoms with Gasteiger partial charge in [0.05, 0.1) is 6.10 Å². The van der Waals surface area contributed by atoms with Gasteiger partial charge in [0.25, 0.3) is 0 Å². The molecule has 1 aliphatic heterocycles. The van der Waals surface area contributed by atoms with Gasteiger partial charge in [0.1, 0.15) is 11.5 Å². The minimum absolute atomic E-state index is 0.0108. The second kappa shape index (κ2) is 4.59. The molecule has 1 aromatic rings. The smallest absolute Gasteiger partial charge is 0.141 e. The number of aliphatic hydroxyl groups excluding tert-OH is 1. The largest absolute Gasteiger partial charge is 0.392 e. The zero-order valence-electron chi connectivity index (χ0n) is 9.06. The van der Waals surface area contributed by atoms with Gasteiger partial charge in [0.15, 0.2) is 0 Å². The van der Waals surface area contributed by atoms with Crippen LogP contribution < -0.4 is 5.73 Å². The lowest BCUT2D eigenvalue weighted by Crippen LogP contribution is -2.22. The number of β-amino-alcohol motifs (C(OH)–C–C–N with tert-alkyl or cyclic N) is 1. The van der Waals surface area contributed by atoms with E-state index in [2.05, 4.69) is 9.88 Å². The summed E-state index contributed by atoms with van der Waals surface area (Å²) in [4.78, 5) is 6.20. The summed E-state index contributed by atoms with van der Waals surface area (Å²) >= 11 is 0. The third-order valence-electron chi connectivity index (χ3n) is 2.75. The quantitative estimate of drug-likeness (QED) is 0.491. The molecule has 1 aromatic heterocycles. The minimum atomic E-state index is -0.200. The molecule has 1 saturated heterocycles. The zero-order valence-corrected chi connectivity index (χ0v) is 9.06. The second-order valence-corrected chi connectivity index (χ2v) is 4.14. The number of nitrogen functional groups attached to an aromatic ring is 1. The highest BCUT2D eigenvalue weighted by Crippen LogP contribution is 2.13. The van der Waals surface area contributed by atoms with Crippen LogP contribution in [0, 0.1) is 5.41 Å². The van der Waals surface area contributed by atoms with Crippen molar-refractivity contribution >= 4 is 5.84 Å². The molecule has 86 valence electrons. The molecule has 0 spiro atoms. The van der Waals surface area contributed by atoms with Crippen molar-refractivity contribution in [2.45, 2.75) is 19.1 Å². The highest BCUT2D eigenvalue weighted by Gasteiger charge is 2.19. The van der Waals surface area contributed by atoms with Crippen LogP contribution in [0.2, 0.25) is 0 Å². The second-order valence-electron chi connectivity index (χ2n) is 4.14. The summed E-state index contributed by atoms with van der Waals surface area (Å²) in [6, 6.07) is 3.74. The van der Waals surface area contributed by atoms with Crippen LogP contribution in [0.3, 0.4) is 0 Å². The number of likely N-dealkylation sites (tertiary alicyclic amines) is 1. The lowest BCUT2D eigenvalue weighted by molar-refractivity contribution is 0.175. The molecule has 2 rings (SSSR count). The first-order valence-electron chi connectivity index (χ1n) is 5.35. The average Bonchev–Trinajstić information content (AvgIpc) is 2.64. The molecule has 1 atom stereocenters. The molecular weight excluding hydrogens is 204 g/mol. The van der Waals surface area contributed by atoms with Crippen molar-refractivity contribution in [1.29, 1.82) is 5.41 Å². The van der Waals surface area contributed by atoms with Crippen LogP contribution in [0.1, 0.15) is 17.7 Å². The summed E-state index contributed by atoms with van der Waals surface area (Å²) in [5.41, 5.74) is 6.97. The number of hydrogen-bond acceptors (Lipinski definition) is 4. The maximum atomic E-state index is 9.41. The molecule has 2 heterocycles. The van der Waals surface area contributed by atoms with Crippen molar-refractivity contribution < 1.29 is 5.11 Å². The number of rotatable bonds is 3. The standard InChI is InChI=1S/C11H16N4O/c12-11(13)10-5-8(1-3-14-10)6-15-4-2-9(16)7-15/h1,3,5,9,16H,2,4,6-7H2,(H3,12,13). The number of nitrogens with one attached hydrogen (secondary N) is 1. The molecule has 5 heteroatoms. The Hall–Kier alpha value is -1.46. The topological polar surface area (TPSA) is 86.2 Å². The van der Waals surface area contributed by atoms with Gasteiger partial charge in [-0.05, 0) is 24.1 Å². The number of nitrogens with two attached hydrogens (primary N) is 1. The van der Waals surface area contributed by atoms with Crippen molar-refractivity contribution in [3.8, 4) is 0 Å². The van der Waals surface area contributed by atoms with Crippen molar-refractivity contribution in [3.63, 3.8) is 0 Å². The Morgan fingerprint density at radius 1 is 1.69 bits per heavy atom. The Morgan fingerprint density at radius 3 is 3.12 bits per heavy atom. The number of amidine groups is 1. The maximum absolute atomic E-state index is 9.41. The lowest BCUT2D eigenvalue weighted by Gasteiger charge is -2.14. The molecule has 1 aliphatic rings. The van der Waals surface area contributed by atoms with Gasteiger partial charge >= 0.3 is 0 Å². The number of aliphatic hydroxyl groups is 1. The van der Waals surface area contributed by atoms with Crippen molar-refractivity contribution in [3.05, 3.63) is 29.6 Å². The van der Waals surface area contributed by atoms with E-state index in [-0.39, 0.29) is 11.9 Å². The van der Waals surface area contributed by atoms with E-state index in [4.69, 9.17) is 11.1 Å². The van der Waals surface area contributed by atoms with Gasteiger partial charge in [-0.15, -0.1) is 0 Å². The summed E-state index contributed by atoms with van der Waals surface area (Å²) in [6.07, 6.45) is 2.30. The van der Waals surface area contributed by atoms with Gasteiger partial charge in [0, 0.05) is 25.8 Å². The summed E-state index contributed by atoms with van der Waals surface area (Å²) in [5.74, 6) is -0.0108. The Kier molecular flexibility index (Phi) is 3.17. The minimum Gasteiger partial charge on any atom is -0.392 e. The van der Waals surface area contributed by atoms with E-state index in [0.717, 1.165) is 31.6 Å². The molecule has 1 unspecified atom stereocenters. The van der Waals surface area contributed by atoms with Gasteiger partial charge in [-0.25, -0.2) is 0 Å². The molecule has 16 heavy (non-hydrogen) atoms. The number of aromatic nitrogens is 1. The maximum Gasteiger partial charge on any atom is 0.141 e. The van der Waals surface area contributed by atoms with E-state index in [1.54, 1.807) is 6.20 Å². The Morgan fingerprint density at radius 2 is 2.50 bits per heavy atom. The predicted octanol–water partition coefficient (Wildman–Crippen LogP) is -0.0677. The molecule has 0 aliphatic carbocycles. The highest BCUT2D eigenvalue weighted by molar-refractivity contribution is 5.93. The third-order valence-corrected chi connectivity index (χ3v) is 2.75. The van der Waals surface area contributed by atoms with Crippen LogP contribution in [0.15, 0.2) is 18.3 Å². The fourth-order valence-electron chi connectivity index (χ4n) is 1.93. The molecule has 1 fully saturated rings. The SMILES string of the molecule is N=C(N)c1cc(CN2CCC(O)C2)ccn1. The third kappa shape index (κ3) is 2.56. The average molecular weight is 220 g/mol. The molecule has 0 amide bonds. The summed E-state index contributed by atoms with van der Waals surface area (Å²) < 4.78 is 0. The lowest BCUT2D eigenvalue weighted by atomic mass is 10.2. The molecule has 0 aromatic carbocycles. The predicted molar refractivity (Wildman–Crippen MR) is 61.2 cm³/mol. The van der Waals surface area contributed by atoms with Crippen molar-refractivity contribution in [1.82, 2.24) is 9.88 Å². The molecule has 0 saturated carbocycles. The first-order chi connectivity index (χ1) is 7.65. The van der Waals surface area contributed by atoms with Gasteiger partial charge in [-0.1, -0.05) is 0 Å². The summed E-state index contributed by atoms with van der Waals surface area (Å²) in [7, 11) is 0. The van der Waals surface area contributed by atoms with Crippen LogP contribution in [-0.4, -0.2) is 40.0 Å². The van der Waals surface area contributed by atoms with E-state index in [0.29, 0.717) is 5.69 Å². The Labute approximate surface area is 94.4 Å². The molecule has 5 nitrogen and oxygen atoms in total. The molecular formula is C11H16N4O. The Balaban J connectivity index is 2.04. The summed E-state index contributed by atoms with van der Waals surface area (Å²) in [5, 5.41) is 16.7. The van der Waals surface area contributed by atoms with E-state index >= 15 is 0 Å². The summed E-state index contributed by atoms with van der Waals surface area (Å²) in [6.45, 7) is 2.41. The number of nitrogens with zero attached hydrogens (tertiary/aromatic N) is 2. The number of hydrogen-bond donors (Lipinski definition) is 3. The van der Waals surface area contributed by atoms with Crippen LogP contribution in [0.4, 0.5) is 0 Å². The zero-order chi connectivity index (χ0) is 11.5. The molecule has 0 bridgehead atoms. The monoisotopic (exact) mass is 220 g/mol. The van der Waals surface area contributed by atoms with Crippen LogP contribution >= 0.6 is 0 Å². The van der Waals surface area contributed by atoms with Crippen LogP contribution in [-0.2, 0) is 6.54 Å². The highest BCUT2D eigenvalue weighted by atomic mass is 16.3. The first kappa shape index (κ1) is 11.0. The normalized spacial score (nSPS) is 21.2. The molecule has 4 N–H and O–H groups in total. The molecule has 0 radical (unpaired) electrons. The van der Waals surface area contributed by atoms with Gasteiger partial charge in [-0.3, -0.25) is 15.3 Å². The fourth-order valence-corrected chi connectivity index (χ4v) is 1.93. The van der Waals surface area contributed by atoms with Crippen LogP contribution in [0.5, 0.6) is 0 Å². The van der Waals surface area contributed by atoms with Crippen molar-refractivity contribution in [2.75, 3.05) is 13.1 Å². The van der Waals surface area contributed by atoms with Gasteiger partial charge in [-0.2, -0.15) is 0 Å². The Bertz CT molecular complexity index is 393. The van der Waals surface area contributed by atoms with E-state index < -0.39 is 0 Å². The van der Waals surface area contributed by atoms with Gasteiger partial charge < -0.3 is 10.8 Å². The van der Waals surface area contributed by atoms with E-state index in [9.17, 15) is 5.11 Å². The number of pyridine rings is 1. The van der Waals surface area contributed by atoms with Crippen LogP contribution in [0.25, 0.3) is 0 Å². The first-order valence-corrected chi connectivity index (χ1v) is 5.35.